The molecule has 7 heteroatoms. The molecule has 1 N–H and O–H groups in total. The number of sulfonamides is 1. The molecule has 0 fully saturated rings. The molecule has 1 spiro atoms. The first-order chi connectivity index (χ1) is 14.2. The Morgan fingerprint density at radius 3 is 2.27 bits per heavy atom. The van der Waals surface area contributed by atoms with E-state index >= 15 is 0 Å². The number of hydrogen-bond donors (Lipinski definition) is 1. The van der Waals surface area contributed by atoms with Crippen molar-refractivity contribution in [2.75, 3.05) is 25.0 Å². The molecule has 0 saturated heterocycles. The number of rotatable bonds is 5. The number of hydroxylamine groups is 1. The van der Waals surface area contributed by atoms with Gasteiger partial charge in [0.25, 0.3) is 0 Å². The number of hydrogen-bond acceptors (Lipinski definition) is 5. The topological polar surface area (TPSA) is 61.9 Å². The van der Waals surface area contributed by atoms with Gasteiger partial charge in [-0.2, -0.15) is 4.31 Å². The number of nitrogens with one attached hydrogen (secondary N) is 1. The Labute approximate surface area is 179 Å². The van der Waals surface area contributed by atoms with E-state index in [1.165, 1.54) is 9.87 Å². The molecule has 6 nitrogen and oxygen atoms in total. The van der Waals surface area contributed by atoms with Gasteiger partial charge in [0.2, 0.25) is 10.0 Å². The van der Waals surface area contributed by atoms with Crippen LogP contribution in [0.15, 0.2) is 59.5 Å². The maximum absolute atomic E-state index is 12.7. The summed E-state index contributed by atoms with van der Waals surface area (Å²) in [5, 5.41) is 0. The maximum Gasteiger partial charge on any atom is 0.243 e. The Bertz CT molecular complexity index is 1090. The van der Waals surface area contributed by atoms with E-state index in [0.29, 0.717) is 18.0 Å². The third-order valence-electron chi connectivity index (χ3n) is 6.50. The van der Waals surface area contributed by atoms with Gasteiger partial charge in [-0.15, -0.1) is 0 Å². The van der Waals surface area contributed by atoms with E-state index in [4.69, 9.17) is 4.84 Å². The number of fused-ring (bicyclic) bond motifs is 1. The van der Waals surface area contributed by atoms with Crippen LogP contribution in [0.2, 0.25) is 0 Å². The molecule has 0 amide bonds. The fraction of sp³-hybridized carbons (Fsp3) is 0.391. The second kappa shape index (κ2) is 7.11. The van der Waals surface area contributed by atoms with Crippen LogP contribution in [-0.4, -0.2) is 38.6 Å². The van der Waals surface area contributed by atoms with Crippen LogP contribution in [0.1, 0.15) is 38.8 Å². The zero-order chi connectivity index (χ0) is 21.7. The van der Waals surface area contributed by atoms with Gasteiger partial charge in [-0.25, -0.2) is 13.3 Å². The molecule has 2 aliphatic rings. The number of anilines is 1. The molecule has 0 aliphatic carbocycles. The van der Waals surface area contributed by atoms with Crippen molar-refractivity contribution in [2.45, 2.75) is 43.7 Å². The molecule has 2 aliphatic heterocycles. The minimum Gasteiger partial charge on any atom is -0.340 e. The highest BCUT2D eigenvalue weighted by molar-refractivity contribution is 7.89. The van der Waals surface area contributed by atoms with E-state index in [-0.39, 0.29) is 5.41 Å². The molecule has 0 saturated carbocycles. The van der Waals surface area contributed by atoms with Gasteiger partial charge in [0.1, 0.15) is 0 Å². The summed E-state index contributed by atoms with van der Waals surface area (Å²) in [6.45, 7) is 8.94. The first kappa shape index (κ1) is 20.9. The highest BCUT2D eigenvalue weighted by Gasteiger charge is 2.58. The number of nitrogens with zero attached hydrogens (tertiary/aromatic N) is 2. The van der Waals surface area contributed by atoms with Crippen LogP contribution in [0.5, 0.6) is 0 Å². The Hall–Kier alpha value is -2.35. The fourth-order valence-electron chi connectivity index (χ4n) is 4.61. The second-order valence-electron chi connectivity index (χ2n) is 8.27. The summed E-state index contributed by atoms with van der Waals surface area (Å²) in [4.78, 5) is 8.66. The van der Waals surface area contributed by atoms with E-state index in [9.17, 15) is 8.42 Å². The van der Waals surface area contributed by atoms with Crippen LogP contribution in [0.4, 0.5) is 5.69 Å². The third kappa shape index (κ3) is 2.80. The molecule has 0 bridgehead atoms. The van der Waals surface area contributed by atoms with Crippen molar-refractivity contribution in [3.05, 3.63) is 65.7 Å². The quantitative estimate of drug-likeness (QED) is 0.788. The molecule has 2 aromatic rings. The molecular weight excluding hydrogens is 398 g/mol. The Balaban J connectivity index is 1.69. The molecule has 2 aromatic carbocycles. The highest BCUT2D eigenvalue weighted by atomic mass is 32.2. The average Bonchev–Trinajstić information content (AvgIpc) is 3.26. The van der Waals surface area contributed by atoms with Crippen molar-refractivity contribution in [3.63, 3.8) is 0 Å². The molecule has 160 valence electrons. The summed E-state index contributed by atoms with van der Waals surface area (Å²) < 4.78 is 27.0. The fourth-order valence-corrected chi connectivity index (χ4v) is 6.07. The van der Waals surface area contributed by atoms with E-state index in [1.807, 2.05) is 39.1 Å². The normalized spacial score (nSPS) is 22.3. The minimum atomic E-state index is -3.47. The van der Waals surface area contributed by atoms with Crippen molar-refractivity contribution in [3.8, 4) is 0 Å². The number of benzene rings is 2. The average molecular weight is 428 g/mol. The van der Waals surface area contributed by atoms with Crippen molar-refractivity contribution in [2.24, 2.45) is 0 Å². The number of likely N-dealkylation sites (N-methyl/N-ethyl adjacent to an activating group) is 1. The highest BCUT2D eigenvalue weighted by Crippen LogP contribution is 2.54. The van der Waals surface area contributed by atoms with Crippen LogP contribution in [-0.2, 0) is 20.3 Å². The molecule has 4 rings (SSSR count). The summed E-state index contributed by atoms with van der Waals surface area (Å²) in [5.74, 6) is 0. The van der Waals surface area contributed by atoms with Crippen LogP contribution >= 0.6 is 0 Å². The Morgan fingerprint density at radius 1 is 1.03 bits per heavy atom. The van der Waals surface area contributed by atoms with Crippen LogP contribution < -0.4 is 10.4 Å². The summed E-state index contributed by atoms with van der Waals surface area (Å²) in [6, 6.07) is 15.3. The lowest BCUT2D eigenvalue weighted by Gasteiger charge is -2.39. The molecule has 0 unspecified atom stereocenters. The third-order valence-corrected chi connectivity index (χ3v) is 8.56. The van der Waals surface area contributed by atoms with Crippen molar-refractivity contribution in [1.29, 1.82) is 0 Å². The molecule has 30 heavy (non-hydrogen) atoms. The predicted octanol–water partition coefficient (Wildman–Crippen LogP) is 3.72. The Morgan fingerprint density at radius 2 is 1.67 bits per heavy atom. The van der Waals surface area contributed by atoms with Crippen molar-refractivity contribution < 1.29 is 13.3 Å². The van der Waals surface area contributed by atoms with Gasteiger partial charge >= 0.3 is 0 Å². The SMILES string of the molecule is CCN(CC)S(=O)(=O)c1ccc(C2=C[C@]3(ON2)N(C)c2ccccc2C3(C)C)cc1. The van der Waals surface area contributed by atoms with Gasteiger partial charge in [0, 0.05) is 31.2 Å². The van der Waals surface area contributed by atoms with Gasteiger partial charge in [-0.3, -0.25) is 5.48 Å². The van der Waals surface area contributed by atoms with Gasteiger partial charge < -0.3 is 4.90 Å². The van der Waals surface area contributed by atoms with E-state index in [2.05, 4.69) is 48.5 Å². The molecule has 1 atom stereocenters. The summed E-state index contributed by atoms with van der Waals surface area (Å²) in [6.07, 6.45) is 2.10. The maximum atomic E-state index is 12.7. The van der Waals surface area contributed by atoms with Crippen LogP contribution in [0.25, 0.3) is 5.70 Å². The van der Waals surface area contributed by atoms with Crippen LogP contribution in [0.3, 0.4) is 0 Å². The van der Waals surface area contributed by atoms with E-state index in [1.54, 1.807) is 12.1 Å². The largest absolute Gasteiger partial charge is 0.340 e. The molecule has 0 aromatic heterocycles. The minimum absolute atomic E-state index is 0.279. The zero-order valence-electron chi connectivity index (χ0n) is 18.1. The second-order valence-corrected chi connectivity index (χ2v) is 10.2. The monoisotopic (exact) mass is 427 g/mol. The lowest BCUT2D eigenvalue weighted by Crippen LogP contribution is -2.54. The predicted molar refractivity (Wildman–Crippen MR) is 119 cm³/mol. The molecule has 0 radical (unpaired) electrons. The summed E-state index contributed by atoms with van der Waals surface area (Å²) in [7, 11) is -1.44. The number of para-hydroxylation sites is 1. The van der Waals surface area contributed by atoms with Crippen LogP contribution in [0, 0.1) is 0 Å². The standard InChI is InChI=1S/C23H29N3O3S/c1-6-26(7-2)30(27,28)18-14-12-17(13-15-18)20-16-23(29-24-20)22(3,4)19-10-8-9-11-21(19)25(23)5/h8-16,24H,6-7H2,1-5H3/t23-/m1/s1. The van der Waals surface area contributed by atoms with Crippen molar-refractivity contribution >= 4 is 21.4 Å². The van der Waals surface area contributed by atoms with Gasteiger partial charge in [0.15, 0.2) is 5.72 Å². The lowest BCUT2D eigenvalue weighted by atomic mass is 9.77. The van der Waals surface area contributed by atoms with E-state index in [0.717, 1.165) is 16.9 Å². The van der Waals surface area contributed by atoms with Gasteiger partial charge in [0.05, 0.1) is 10.6 Å². The van der Waals surface area contributed by atoms with Gasteiger partial charge in [-0.1, -0.05) is 58.0 Å². The summed E-state index contributed by atoms with van der Waals surface area (Å²) >= 11 is 0. The first-order valence-electron chi connectivity index (χ1n) is 10.3. The Kier molecular flexibility index (Phi) is 4.96. The summed E-state index contributed by atoms with van der Waals surface area (Å²) in [5.41, 5.74) is 6.22. The first-order valence-corrected chi connectivity index (χ1v) is 11.7. The smallest absolute Gasteiger partial charge is 0.243 e. The molecular formula is C23H29N3O3S. The zero-order valence-corrected chi connectivity index (χ0v) is 19.0. The van der Waals surface area contributed by atoms with Gasteiger partial charge in [-0.05, 0) is 35.4 Å². The molecule has 2 heterocycles. The van der Waals surface area contributed by atoms with E-state index < -0.39 is 15.7 Å². The van der Waals surface area contributed by atoms with Crippen molar-refractivity contribution in [1.82, 2.24) is 9.79 Å². The lowest BCUT2D eigenvalue weighted by molar-refractivity contribution is -0.0678.